The zero-order chi connectivity index (χ0) is 24.5. The molecule has 0 saturated heterocycles. The van der Waals surface area contributed by atoms with Gasteiger partial charge in [-0.05, 0) is 55.3 Å². The highest BCUT2D eigenvalue weighted by Gasteiger charge is 2.20. The molecule has 2 aromatic carbocycles. The number of carbonyl (C=O) groups is 1. The van der Waals surface area contributed by atoms with Gasteiger partial charge in [-0.15, -0.1) is 0 Å². The van der Waals surface area contributed by atoms with Gasteiger partial charge in [0.1, 0.15) is 22.8 Å². The standard InChI is InChI=1S/C22H18Cl2F2N2O4S/c1-11-6-17(21(29)28-33(3,30)31)20(26)9-16(11)13-7-19(24)22(27-10-13)32-12(2)15-5-4-14(25)8-18(15)23/h4-10,12H,1-3H3,(H,28,29)/t12-/m0/s1. The number of rotatable bonds is 6. The Morgan fingerprint density at radius 1 is 1.12 bits per heavy atom. The van der Waals surface area contributed by atoms with Crippen LogP contribution in [0, 0.1) is 18.6 Å². The molecule has 0 unspecified atom stereocenters. The summed E-state index contributed by atoms with van der Waals surface area (Å²) in [5, 5.41) is 0.331. The maximum Gasteiger partial charge on any atom is 0.267 e. The third-order valence-corrected chi connectivity index (χ3v) is 5.80. The number of amides is 1. The van der Waals surface area contributed by atoms with Crippen LogP contribution in [-0.4, -0.2) is 25.6 Å². The minimum Gasteiger partial charge on any atom is -0.469 e. The summed E-state index contributed by atoms with van der Waals surface area (Å²) in [6.07, 6.45) is 1.63. The molecule has 0 aliphatic heterocycles. The van der Waals surface area contributed by atoms with Crippen molar-refractivity contribution in [3.8, 4) is 17.0 Å². The van der Waals surface area contributed by atoms with Gasteiger partial charge in [-0.3, -0.25) is 4.79 Å². The number of hydrogen-bond donors (Lipinski definition) is 1. The van der Waals surface area contributed by atoms with E-state index in [9.17, 15) is 22.0 Å². The van der Waals surface area contributed by atoms with Crippen molar-refractivity contribution in [1.29, 1.82) is 0 Å². The molecule has 0 spiro atoms. The van der Waals surface area contributed by atoms with Crippen LogP contribution in [0.4, 0.5) is 8.78 Å². The predicted molar refractivity (Wildman–Crippen MR) is 122 cm³/mol. The van der Waals surface area contributed by atoms with Crippen LogP contribution in [0.1, 0.15) is 34.5 Å². The van der Waals surface area contributed by atoms with Gasteiger partial charge >= 0.3 is 0 Å². The molecule has 1 N–H and O–H groups in total. The maximum atomic E-state index is 14.6. The minimum absolute atomic E-state index is 0.0931. The highest BCUT2D eigenvalue weighted by molar-refractivity contribution is 7.89. The van der Waals surface area contributed by atoms with E-state index in [0.29, 0.717) is 22.3 Å². The zero-order valence-corrected chi connectivity index (χ0v) is 19.9. The Bertz CT molecular complexity index is 1350. The number of ether oxygens (including phenoxy) is 1. The molecule has 33 heavy (non-hydrogen) atoms. The average molecular weight is 515 g/mol. The zero-order valence-electron chi connectivity index (χ0n) is 17.6. The normalized spacial score (nSPS) is 12.3. The van der Waals surface area contributed by atoms with E-state index in [1.807, 2.05) is 0 Å². The number of aromatic nitrogens is 1. The smallest absolute Gasteiger partial charge is 0.267 e. The van der Waals surface area contributed by atoms with Gasteiger partial charge < -0.3 is 4.74 Å². The highest BCUT2D eigenvalue weighted by atomic mass is 35.5. The molecular formula is C22H18Cl2F2N2O4S. The molecule has 1 amide bonds. The molecule has 1 aromatic heterocycles. The Morgan fingerprint density at radius 3 is 2.42 bits per heavy atom. The SMILES string of the molecule is Cc1cc(C(=O)NS(C)(=O)=O)c(F)cc1-c1cnc(O[C@@H](C)c2ccc(F)cc2Cl)c(Cl)c1. The first-order valence-electron chi connectivity index (χ1n) is 9.45. The summed E-state index contributed by atoms with van der Waals surface area (Å²) >= 11 is 12.4. The molecular weight excluding hydrogens is 497 g/mol. The second-order valence-corrected chi connectivity index (χ2v) is 9.85. The molecule has 0 fully saturated rings. The van der Waals surface area contributed by atoms with Gasteiger partial charge in [-0.2, -0.15) is 0 Å². The Morgan fingerprint density at radius 2 is 1.82 bits per heavy atom. The molecule has 0 radical (unpaired) electrons. The Hall–Kier alpha value is -2.75. The molecule has 3 aromatic rings. The lowest BCUT2D eigenvalue weighted by molar-refractivity contribution is 0.0977. The molecule has 0 saturated carbocycles. The molecule has 1 atom stereocenters. The van der Waals surface area contributed by atoms with E-state index in [1.165, 1.54) is 36.5 Å². The van der Waals surface area contributed by atoms with Gasteiger partial charge in [0, 0.05) is 17.3 Å². The molecule has 0 aliphatic rings. The first-order chi connectivity index (χ1) is 15.4. The summed E-state index contributed by atoms with van der Waals surface area (Å²) in [5.74, 6) is -2.36. The van der Waals surface area contributed by atoms with Gasteiger partial charge in [0.05, 0.1) is 16.8 Å². The van der Waals surface area contributed by atoms with Crippen LogP contribution >= 0.6 is 23.2 Å². The second kappa shape index (κ2) is 9.62. The van der Waals surface area contributed by atoms with E-state index in [-0.39, 0.29) is 15.9 Å². The Balaban J connectivity index is 1.87. The number of nitrogens with zero attached hydrogens (tertiary/aromatic N) is 1. The number of pyridine rings is 1. The Labute approximate surface area is 199 Å². The maximum absolute atomic E-state index is 14.6. The lowest BCUT2D eigenvalue weighted by Crippen LogP contribution is -2.30. The topological polar surface area (TPSA) is 85.4 Å². The predicted octanol–water partition coefficient (Wildman–Crippen LogP) is 5.47. The van der Waals surface area contributed by atoms with Crippen LogP contribution in [0.3, 0.4) is 0 Å². The van der Waals surface area contributed by atoms with Gasteiger partial charge in [-0.1, -0.05) is 29.3 Å². The van der Waals surface area contributed by atoms with E-state index in [1.54, 1.807) is 18.6 Å². The molecule has 174 valence electrons. The van der Waals surface area contributed by atoms with Gasteiger partial charge in [0.15, 0.2) is 0 Å². The fourth-order valence-corrected chi connectivity index (χ4v) is 4.09. The van der Waals surface area contributed by atoms with Crippen molar-refractivity contribution in [3.05, 3.63) is 81.0 Å². The van der Waals surface area contributed by atoms with Crippen LogP contribution in [0.2, 0.25) is 10.0 Å². The summed E-state index contributed by atoms with van der Waals surface area (Å²) in [5.41, 5.74) is 1.48. The summed E-state index contributed by atoms with van der Waals surface area (Å²) in [4.78, 5) is 16.2. The summed E-state index contributed by atoms with van der Waals surface area (Å²) in [6, 6.07) is 7.78. The van der Waals surface area contributed by atoms with Crippen molar-refractivity contribution in [2.45, 2.75) is 20.0 Å². The van der Waals surface area contributed by atoms with Crippen molar-refractivity contribution >= 4 is 39.1 Å². The largest absolute Gasteiger partial charge is 0.469 e. The van der Waals surface area contributed by atoms with E-state index in [4.69, 9.17) is 27.9 Å². The first-order valence-corrected chi connectivity index (χ1v) is 12.1. The number of sulfonamides is 1. The third-order valence-electron chi connectivity index (χ3n) is 4.64. The van der Waals surface area contributed by atoms with Gasteiger partial charge in [0.2, 0.25) is 15.9 Å². The molecule has 0 aliphatic carbocycles. The summed E-state index contributed by atoms with van der Waals surface area (Å²) < 4.78 is 57.9. The monoisotopic (exact) mass is 514 g/mol. The molecule has 0 bridgehead atoms. The van der Waals surface area contributed by atoms with E-state index in [2.05, 4.69) is 4.98 Å². The molecule has 1 heterocycles. The lowest BCUT2D eigenvalue weighted by atomic mass is 9.99. The third kappa shape index (κ3) is 5.98. The Kier molecular flexibility index (Phi) is 7.26. The number of carbonyl (C=O) groups excluding carboxylic acids is 1. The fourth-order valence-electron chi connectivity index (χ4n) is 3.11. The second-order valence-electron chi connectivity index (χ2n) is 7.29. The van der Waals surface area contributed by atoms with Crippen molar-refractivity contribution in [1.82, 2.24) is 9.71 Å². The summed E-state index contributed by atoms with van der Waals surface area (Å²) in [7, 11) is -3.84. The number of benzene rings is 2. The van der Waals surface area contributed by atoms with Crippen LogP contribution in [0.5, 0.6) is 5.88 Å². The van der Waals surface area contributed by atoms with Gasteiger partial charge in [-0.25, -0.2) is 26.9 Å². The molecule has 6 nitrogen and oxygen atoms in total. The number of nitrogens with one attached hydrogen (secondary N) is 1. The number of hydrogen-bond acceptors (Lipinski definition) is 5. The van der Waals surface area contributed by atoms with Crippen LogP contribution in [0.25, 0.3) is 11.1 Å². The fraction of sp³-hybridized carbons (Fsp3) is 0.182. The van der Waals surface area contributed by atoms with E-state index < -0.39 is 39.2 Å². The van der Waals surface area contributed by atoms with Crippen LogP contribution < -0.4 is 9.46 Å². The highest BCUT2D eigenvalue weighted by Crippen LogP contribution is 2.34. The number of halogens is 4. The summed E-state index contributed by atoms with van der Waals surface area (Å²) in [6.45, 7) is 3.33. The minimum atomic E-state index is -3.84. The van der Waals surface area contributed by atoms with Crippen LogP contribution in [-0.2, 0) is 10.0 Å². The van der Waals surface area contributed by atoms with Crippen molar-refractivity contribution in [3.63, 3.8) is 0 Å². The molecule has 11 heteroatoms. The van der Waals surface area contributed by atoms with Crippen molar-refractivity contribution in [2.24, 2.45) is 0 Å². The van der Waals surface area contributed by atoms with Crippen molar-refractivity contribution in [2.75, 3.05) is 6.26 Å². The average Bonchev–Trinajstić information content (AvgIpc) is 2.69. The van der Waals surface area contributed by atoms with Crippen molar-refractivity contribution < 1.29 is 26.7 Å². The van der Waals surface area contributed by atoms with E-state index >= 15 is 0 Å². The lowest BCUT2D eigenvalue weighted by Gasteiger charge is -2.17. The molecule has 3 rings (SSSR count). The quantitative estimate of drug-likeness (QED) is 0.471. The van der Waals surface area contributed by atoms with Gasteiger partial charge in [0.25, 0.3) is 5.91 Å². The number of aryl methyl sites for hydroxylation is 1. The van der Waals surface area contributed by atoms with E-state index in [0.717, 1.165) is 12.3 Å². The van der Waals surface area contributed by atoms with Crippen LogP contribution in [0.15, 0.2) is 42.6 Å². The first kappa shape index (κ1) is 24.9.